The molecular formula is C15H9Cl3N2. The van der Waals surface area contributed by atoms with Gasteiger partial charge in [0.2, 0.25) is 0 Å². The average molecular weight is 324 g/mol. The van der Waals surface area contributed by atoms with Gasteiger partial charge in [-0.2, -0.15) is 5.26 Å². The Labute approximate surface area is 132 Å². The lowest BCUT2D eigenvalue weighted by Crippen LogP contribution is -1.97. The standard InChI is InChI=1S/C15H9Cl3N2/c16-11-3-1-10(2-4-11)7-13(9-19)20-15-8-12(17)5-6-14(15)18/h1-8,20H/b13-7+. The number of rotatable bonds is 3. The molecule has 0 heterocycles. The lowest BCUT2D eigenvalue weighted by atomic mass is 10.2. The lowest BCUT2D eigenvalue weighted by molar-refractivity contribution is 1.44. The summed E-state index contributed by atoms with van der Waals surface area (Å²) in [5.41, 5.74) is 1.80. The molecule has 2 aromatic rings. The van der Waals surface area contributed by atoms with Crippen LogP contribution in [0.2, 0.25) is 15.1 Å². The van der Waals surface area contributed by atoms with Crippen molar-refractivity contribution in [1.29, 1.82) is 5.26 Å². The van der Waals surface area contributed by atoms with E-state index in [0.717, 1.165) is 5.56 Å². The third kappa shape index (κ3) is 3.91. The molecule has 0 amide bonds. The van der Waals surface area contributed by atoms with Crippen LogP contribution < -0.4 is 5.32 Å². The Balaban J connectivity index is 2.27. The van der Waals surface area contributed by atoms with E-state index in [0.29, 0.717) is 26.5 Å². The minimum Gasteiger partial charge on any atom is -0.346 e. The second kappa shape index (κ2) is 6.67. The highest BCUT2D eigenvalue weighted by molar-refractivity contribution is 6.35. The lowest BCUT2D eigenvalue weighted by Gasteiger charge is -2.07. The van der Waals surface area contributed by atoms with Crippen LogP contribution in [0.5, 0.6) is 0 Å². The predicted molar refractivity (Wildman–Crippen MR) is 85.1 cm³/mol. The number of benzene rings is 2. The highest BCUT2D eigenvalue weighted by Gasteiger charge is 2.04. The zero-order valence-corrected chi connectivity index (χ0v) is 12.5. The highest BCUT2D eigenvalue weighted by Crippen LogP contribution is 2.26. The first-order valence-corrected chi connectivity index (χ1v) is 6.81. The Morgan fingerprint density at radius 2 is 1.65 bits per heavy atom. The fraction of sp³-hybridized carbons (Fsp3) is 0. The molecule has 1 N–H and O–H groups in total. The molecule has 2 rings (SSSR count). The summed E-state index contributed by atoms with van der Waals surface area (Å²) in [5.74, 6) is 0. The van der Waals surface area contributed by atoms with Gasteiger partial charge in [-0.05, 0) is 42.0 Å². The van der Waals surface area contributed by atoms with Crippen LogP contribution in [0.25, 0.3) is 6.08 Å². The SMILES string of the molecule is N#C/C(=C\c1ccc(Cl)cc1)Nc1cc(Cl)ccc1Cl. The largest absolute Gasteiger partial charge is 0.346 e. The van der Waals surface area contributed by atoms with Gasteiger partial charge in [0.25, 0.3) is 0 Å². The normalized spacial score (nSPS) is 11.0. The Morgan fingerprint density at radius 1 is 1.00 bits per heavy atom. The number of nitrogens with one attached hydrogen (secondary N) is 1. The quantitative estimate of drug-likeness (QED) is 0.744. The van der Waals surface area contributed by atoms with Gasteiger partial charge in [0.15, 0.2) is 0 Å². The van der Waals surface area contributed by atoms with Crippen molar-refractivity contribution < 1.29 is 0 Å². The van der Waals surface area contributed by atoms with Crippen molar-refractivity contribution in [2.24, 2.45) is 0 Å². The van der Waals surface area contributed by atoms with E-state index in [1.54, 1.807) is 36.4 Å². The Kier molecular flexibility index (Phi) is 4.92. The van der Waals surface area contributed by atoms with Crippen molar-refractivity contribution in [1.82, 2.24) is 0 Å². The van der Waals surface area contributed by atoms with Crippen LogP contribution in [0.15, 0.2) is 48.2 Å². The minimum absolute atomic E-state index is 0.358. The second-order valence-electron chi connectivity index (χ2n) is 3.97. The van der Waals surface area contributed by atoms with Crippen molar-refractivity contribution in [3.8, 4) is 6.07 Å². The van der Waals surface area contributed by atoms with E-state index in [9.17, 15) is 5.26 Å². The van der Waals surface area contributed by atoms with E-state index in [1.165, 1.54) is 0 Å². The van der Waals surface area contributed by atoms with Crippen LogP contribution in [0.4, 0.5) is 5.69 Å². The third-order valence-corrected chi connectivity index (χ3v) is 3.32. The summed E-state index contributed by atoms with van der Waals surface area (Å²) < 4.78 is 0. The fourth-order valence-corrected chi connectivity index (χ4v) is 2.02. The number of halogens is 3. The number of nitriles is 1. The number of hydrogen-bond donors (Lipinski definition) is 1. The van der Waals surface area contributed by atoms with Crippen LogP contribution in [0.1, 0.15) is 5.56 Å². The molecule has 0 aliphatic heterocycles. The van der Waals surface area contributed by atoms with Crippen molar-refractivity contribution >= 4 is 46.6 Å². The van der Waals surface area contributed by atoms with Crippen LogP contribution in [0.3, 0.4) is 0 Å². The van der Waals surface area contributed by atoms with Crippen molar-refractivity contribution in [2.45, 2.75) is 0 Å². The molecule has 0 unspecified atom stereocenters. The van der Waals surface area contributed by atoms with Gasteiger partial charge in [-0.3, -0.25) is 0 Å². The molecule has 0 aliphatic rings. The summed E-state index contributed by atoms with van der Waals surface area (Å²) in [4.78, 5) is 0. The van der Waals surface area contributed by atoms with Gasteiger partial charge >= 0.3 is 0 Å². The summed E-state index contributed by atoms with van der Waals surface area (Å²) in [6.07, 6.45) is 1.70. The molecule has 0 fully saturated rings. The van der Waals surface area contributed by atoms with Gasteiger partial charge < -0.3 is 5.32 Å². The zero-order chi connectivity index (χ0) is 14.5. The molecule has 100 valence electrons. The number of nitrogens with zero attached hydrogens (tertiary/aromatic N) is 1. The Bertz CT molecular complexity index is 685. The summed E-state index contributed by atoms with van der Waals surface area (Å²) in [6.45, 7) is 0. The Hall–Kier alpha value is -1.66. The maximum absolute atomic E-state index is 9.18. The number of allylic oxidation sites excluding steroid dienone is 1. The molecule has 0 atom stereocenters. The van der Waals surface area contributed by atoms with Crippen LogP contribution in [-0.2, 0) is 0 Å². The van der Waals surface area contributed by atoms with E-state index < -0.39 is 0 Å². The van der Waals surface area contributed by atoms with Crippen LogP contribution >= 0.6 is 34.8 Å². The molecular weight excluding hydrogens is 315 g/mol. The molecule has 0 saturated carbocycles. The molecule has 0 saturated heterocycles. The molecule has 2 nitrogen and oxygen atoms in total. The predicted octanol–water partition coefficient (Wildman–Crippen LogP) is 5.62. The molecule has 2 aromatic carbocycles. The van der Waals surface area contributed by atoms with Crippen molar-refractivity contribution in [3.63, 3.8) is 0 Å². The fourth-order valence-electron chi connectivity index (χ4n) is 1.56. The first-order chi connectivity index (χ1) is 9.58. The molecule has 0 bridgehead atoms. The maximum atomic E-state index is 9.18. The van der Waals surface area contributed by atoms with Gasteiger partial charge in [0.05, 0.1) is 10.7 Å². The molecule has 0 aromatic heterocycles. The molecule has 0 radical (unpaired) electrons. The van der Waals surface area contributed by atoms with Gasteiger partial charge in [-0.15, -0.1) is 0 Å². The van der Waals surface area contributed by atoms with E-state index >= 15 is 0 Å². The summed E-state index contributed by atoms with van der Waals surface area (Å²) in [7, 11) is 0. The van der Waals surface area contributed by atoms with Gasteiger partial charge in [-0.25, -0.2) is 0 Å². The first kappa shape index (κ1) is 14.7. The van der Waals surface area contributed by atoms with E-state index in [-0.39, 0.29) is 0 Å². The van der Waals surface area contributed by atoms with Gasteiger partial charge in [0, 0.05) is 10.0 Å². The Morgan fingerprint density at radius 3 is 2.30 bits per heavy atom. The summed E-state index contributed by atoms with van der Waals surface area (Å²) >= 11 is 17.8. The monoisotopic (exact) mass is 322 g/mol. The van der Waals surface area contributed by atoms with Crippen LogP contribution in [0, 0.1) is 11.3 Å². The zero-order valence-electron chi connectivity index (χ0n) is 10.2. The summed E-state index contributed by atoms with van der Waals surface area (Å²) in [6, 6.07) is 14.3. The second-order valence-corrected chi connectivity index (χ2v) is 5.25. The minimum atomic E-state index is 0.358. The third-order valence-electron chi connectivity index (χ3n) is 2.50. The highest BCUT2D eigenvalue weighted by atomic mass is 35.5. The maximum Gasteiger partial charge on any atom is 0.118 e. The van der Waals surface area contributed by atoms with E-state index in [4.69, 9.17) is 34.8 Å². The molecule has 0 aliphatic carbocycles. The molecule has 20 heavy (non-hydrogen) atoms. The van der Waals surface area contributed by atoms with Crippen molar-refractivity contribution in [3.05, 3.63) is 68.8 Å². The number of anilines is 1. The van der Waals surface area contributed by atoms with E-state index in [1.807, 2.05) is 12.1 Å². The molecule has 5 heteroatoms. The topological polar surface area (TPSA) is 35.8 Å². The first-order valence-electron chi connectivity index (χ1n) is 5.68. The van der Waals surface area contributed by atoms with E-state index in [2.05, 4.69) is 11.4 Å². The van der Waals surface area contributed by atoms with Crippen LogP contribution in [-0.4, -0.2) is 0 Å². The van der Waals surface area contributed by atoms with Crippen molar-refractivity contribution in [2.75, 3.05) is 5.32 Å². The molecule has 0 spiro atoms. The van der Waals surface area contributed by atoms with Gasteiger partial charge in [-0.1, -0.05) is 46.9 Å². The average Bonchev–Trinajstić information content (AvgIpc) is 2.44. The number of hydrogen-bond acceptors (Lipinski definition) is 2. The summed E-state index contributed by atoms with van der Waals surface area (Å²) in [5, 5.41) is 13.8. The smallest absolute Gasteiger partial charge is 0.118 e. The van der Waals surface area contributed by atoms with Gasteiger partial charge in [0.1, 0.15) is 11.8 Å².